The fraction of sp³-hybridized carbons (Fsp3) is 0.700. The van der Waals surface area contributed by atoms with Gasteiger partial charge in [0, 0.05) is 23.0 Å². The Kier molecular flexibility index (Phi) is 5.62. The molecule has 5 heteroatoms. The Labute approximate surface area is 150 Å². The second-order valence-electron chi connectivity index (χ2n) is 7.76. The van der Waals surface area contributed by atoms with Crippen molar-refractivity contribution in [1.29, 1.82) is 0 Å². The topological polar surface area (TPSA) is 62.5 Å². The zero-order valence-electron chi connectivity index (χ0n) is 15.5. The molecule has 5 nitrogen and oxygen atoms in total. The molecule has 1 saturated carbocycles. The average Bonchev–Trinajstić information content (AvgIpc) is 2.90. The highest BCUT2D eigenvalue weighted by Crippen LogP contribution is 2.35. The van der Waals surface area contributed by atoms with Crippen LogP contribution in [0.3, 0.4) is 0 Å². The van der Waals surface area contributed by atoms with E-state index in [0.29, 0.717) is 12.6 Å². The fourth-order valence-corrected chi connectivity index (χ4v) is 4.61. The highest BCUT2D eigenvalue weighted by Gasteiger charge is 2.29. The minimum Gasteiger partial charge on any atom is -0.481 e. The van der Waals surface area contributed by atoms with Crippen molar-refractivity contribution >= 4 is 11.8 Å². The summed E-state index contributed by atoms with van der Waals surface area (Å²) in [5.74, 6) is -0.648. The molecule has 3 rings (SSSR count). The number of aryl methyl sites for hydroxylation is 1. The van der Waals surface area contributed by atoms with E-state index in [4.69, 9.17) is 0 Å². The van der Waals surface area contributed by atoms with Crippen LogP contribution in [0.4, 0.5) is 0 Å². The maximum Gasteiger partial charge on any atom is 0.306 e. The molecule has 0 radical (unpaired) electrons. The largest absolute Gasteiger partial charge is 0.481 e. The normalized spacial score (nSPS) is 25.0. The maximum absolute atomic E-state index is 12.8. The van der Waals surface area contributed by atoms with Gasteiger partial charge in [-0.3, -0.25) is 14.5 Å². The number of ketones is 1. The number of rotatable bonds is 5. The highest BCUT2D eigenvalue weighted by atomic mass is 16.4. The Morgan fingerprint density at radius 2 is 1.72 bits per heavy atom. The minimum absolute atomic E-state index is 0.201. The molecule has 2 aliphatic rings. The number of carbonyl (C=O) groups is 2. The van der Waals surface area contributed by atoms with Gasteiger partial charge in [0.15, 0.2) is 5.78 Å². The van der Waals surface area contributed by atoms with Gasteiger partial charge in [-0.25, -0.2) is 0 Å². The van der Waals surface area contributed by atoms with Gasteiger partial charge in [0.1, 0.15) is 0 Å². The summed E-state index contributed by atoms with van der Waals surface area (Å²) in [5, 5.41) is 9.18. The van der Waals surface area contributed by atoms with Crippen LogP contribution >= 0.6 is 0 Å². The van der Waals surface area contributed by atoms with E-state index >= 15 is 0 Å². The number of carboxylic acids is 1. The van der Waals surface area contributed by atoms with Crippen LogP contribution in [-0.4, -0.2) is 46.0 Å². The highest BCUT2D eigenvalue weighted by molar-refractivity contribution is 5.99. The number of Topliss-reactive ketones (excluding diaryl/α,β-unsaturated/α-hetero) is 1. The molecule has 0 spiro atoms. The van der Waals surface area contributed by atoms with Gasteiger partial charge in [0.25, 0.3) is 0 Å². The molecule has 0 atom stereocenters. The quantitative estimate of drug-likeness (QED) is 0.828. The monoisotopic (exact) mass is 346 g/mol. The van der Waals surface area contributed by atoms with Crippen molar-refractivity contribution in [2.24, 2.45) is 5.92 Å². The summed E-state index contributed by atoms with van der Waals surface area (Å²) >= 11 is 0. The van der Waals surface area contributed by atoms with Crippen LogP contribution in [0.15, 0.2) is 6.07 Å². The van der Waals surface area contributed by atoms with Crippen LogP contribution in [-0.2, 0) is 4.79 Å². The van der Waals surface area contributed by atoms with Crippen molar-refractivity contribution in [3.8, 4) is 0 Å². The molecule has 1 saturated heterocycles. The SMILES string of the molecule is Cc1cc(C(=O)CN2CCCCC2)c(C)n1C1CCC(C(=O)O)CC1. The third-order valence-corrected chi connectivity index (χ3v) is 6.01. The summed E-state index contributed by atoms with van der Waals surface area (Å²) in [5.41, 5.74) is 3.03. The molecular formula is C20H30N2O3. The first kappa shape index (κ1) is 18.2. The van der Waals surface area contributed by atoms with Crippen molar-refractivity contribution in [2.75, 3.05) is 19.6 Å². The molecule has 0 aromatic carbocycles. The third kappa shape index (κ3) is 3.97. The molecule has 1 aliphatic carbocycles. The standard InChI is InChI=1S/C20H30N2O3/c1-14-12-18(19(23)13-21-10-4-3-5-11-21)15(2)22(14)17-8-6-16(7-9-17)20(24)25/h12,16-17H,3-11,13H2,1-2H3,(H,24,25). The van der Waals surface area contributed by atoms with Crippen molar-refractivity contribution in [3.63, 3.8) is 0 Å². The summed E-state index contributed by atoms with van der Waals surface area (Å²) in [6, 6.07) is 2.36. The Morgan fingerprint density at radius 1 is 1.08 bits per heavy atom. The third-order valence-electron chi connectivity index (χ3n) is 6.01. The minimum atomic E-state index is -0.670. The molecule has 1 aromatic rings. The van der Waals surface area contributed by atoms with E-state index in [1.807, 2.05) is 13.0 Å². The number of likely N-dealkylation sites (tertiary alicyclic amines) is 1. The average molecular weight is 346 g/mol. The van der Waals surface area contributed by atoms with Crippen LogP contribution in [0.25, 0.3) is 0 Å². The molecule has 2 heterocycles. The predicted molar refractivity (Wildman–Crippen MR) is 97.2 cm³/mol. The second kappa shape index (κ2) is 7.73. The molecule has 1 N–H and O–H groups in total. The first-order valence-electron chi connectivity index (χ1n) is 9.64. The summed E-state index contributed by atoms with van der Waals surface area (Å²) < 4.78 is 2.28. The molecule has 0 unspecified atom stereocenters. The second-order valence-corrected chi connectivity index (χ2v) is 7.76. The zero-order valence-corrected chi connectivity index (χ0v) is 15.5. The van der Waals surface area contributed by atoms with Gasteiger partial charge in [-0.05, 0) is 71.5 Å². The van der Waals surface area contributed by atoms with Gasteiger partial charge in [-0.1, -0.05) is 6.42 Å². The van der Waals surface area contributed by atoms with Crippen LogP contribution in [0, 0.1) is 19.8 Å². The van der Waals surface area contributed by atoms with Crippen LogP contribution in [0.2, 0.25) is 0 Å². The lowest BCUT2D eigenvalue weighted by atomic mass is 9.86. The van der Waals surface area contributed by atoms with Crippen LogP contribution < -0.4 is 0 Å². The van der Waals surface area contributed by atoms with Gasteiger partial charge in [-0.2, -0.15) is 0 Å². The number of hydrogen-bond acceptors (Lipinski definition) is 3. The number of aromatic nitrogens is 1. The Morgan fingerprint density at radius 3 is 2.32 bits per heavy atom. The van der Waals surface area contributed by atoms with E-state index in [1.165, 1.54) is 19.3 Å². The molecule has 0 amide bonds. The van der Waals surface area contributed by atoms with Crippen molar-refractivity contribution in [2.45, 2.75) is 64.8 Å². The van der Waals surface area contributed by atoms with Crippen LogP contribution in [0.1, 0.15) is 72.7 Å². The van der Waals surface area contributed by atoms with Gasteiger partial charge >= 0.3 is 5.97 Å². The molecule has 0 bridgehead atoms. The number of carboxylic acid groups (broad SMARTS) is 1. The van der Waals surface area contributed by atoms with Crippen LogP contribution in [0.5, 0.6) is 0 Å². The van der Waals surface area contributed by atoms with Gasteiger partial charge in [0.2, 0.25) is 0 Å². The van der Waals surface area contributed by atoms with Crippen molar-refractivity contribution < 1.29 is 14.7 Å². The molecule has 1 aliphatic heterocycles. The number of aliphatic carboxylic acids is 1. The Balaban J connectivity index is 1.70. The lowest BCUT2D eigenvalue weighted by molar-refractivity contribution is -0.143. The Hall–Kier alpha value is -1.62. The number of hydrogen-bond donors (Lipinski definition) is 1. The fourth-order valence-electron chi connectivity index (χ4n) is 4.61. The summed E-state index contributed by atoms with van der Waals surface area (Å²) in [6.07, 6.45) is 6.89. The maximum atomic E-state index is 12.8. The van der Waals surface area contributed by atoms with E-state index in [0.717, 1.165) is 55.7 Å². The number of carbonyl (C=O) groups excluding carboxylic acids is 1. The predicted octanol–water partition coefficient (Wildman–Crippen LogP) is 3.59. The van der Waals surface area contributed by atoms with Crippen molar-refractivity contribution in [1.82, 2.24) is 9.47 Å². The zero-order chi connectivity index (χ0) is 18.0. The van der Waals surface area contributed by atoms with E-state index in [1.54, 1.807) is 0 Å². The van der Waals surface area contributed by atoms with Crippen molar-refractivity contribution in [3.05, 3.63) is 23.0 Å². The van der Waals surface area contributed by atoms with E-state index < -0.39 is 5.97 Å². The lowest BCUT2D eigenvalue weighted by Gasteiger charge is -2.29. The number of piperidine rings is 1. The molecular weight excluding hydrogens is 316 g/mol. The van der Waals surface area contributed by atoms with Gasteiger partial charge in [0.05, 0.1) is 12.5 Å². The smallest absolute Gasteiger partial charge is 0.306 e. The first-order chi connectivity index (χ1) is 12.0. The molecule has 25 heavy (non-hydrogen) atoms. The Bertz CT molecular complexity index is 636. The van der Waals surface area contributed by atoms with E-state index in [2.05, 4.69) is 16.4 Å². The van der Waals surface area contributed by atoms with Gasteiger partial charge in [-0.15, -0.1) is 0 Å². The molecule has 1 aromatic heterocycles. The summed E-state index contributed by atoms with van der Waals surface area (Å²) in [7, 11) is 0. The summed E-state index contributed by atoms with van der Waals surface area (Å²) in [6.45, 7) is 6.69. The van der Waals surface area contributed by atoms with E-state index in [-0.39, 0.29) is 11.7 Å². The summed E-state index contributed by atoms with van der Waals surface area (Å²) in [4.78, 5) is 26.2. The molecule has 138 valence electrons. The van der Waals surface area contributed by atoms with E-state index in [9.17, 15) is 14.7 Å². The lowest BCUT2D eigenvalue weighted by Crippen LogP contribution is -2.34. The number of nitrogens with zero attached hydrogens (tertiary/aromatic N) is 2. The molecule has 2 fully saturated rings. The first-order valence-corrected chi connectivity index (χ1v) is 9.64. The van der Waals surface area contributed by atoms with Gasteiger partial charge < -0.3 is 9.67 Å².